The summed E-state index contributed by atoms with van der Waals surface area (Å²) in [4.78, 5) is 9.11. The molecule has 4 heteroatoms. The quantitative estimate of drug-likeness (QED) is 0.342. The number of halogens is 1. The molecule has 2 aromatic rings. The Morgan fingerprint density at radius 1 is 1.00 bits per heavy atom. The number of hydrogen-bond donors (Lipinski definition) is 0. The van der Waals surface area contributed by atoms with E-state index in [2.05, 4.69) is 30.7 Å². The van der Waals surface area contributed by atoms with E-state index in [4.69, 9.17) is 4.74 Å². The monoisotopic (exact) mass is 426 g/mol. The minimum absolute atomic E-state index is 0.299. The molecule has 1 aliphatic rings. The number of hydrogen-bond acceptors (Lipinski definition) is 3. The fourth-order valence-electron chi connectivity index (χ4n) is 4.74. The summed E-state index contributed by atoms with van der Waals surface area (Å²) < 4.78 is 19.9. The summed E-state index contributed by atoms with van der Waals surface area (Å²) in [6.07, 6.45) is 16.7. The van der Waals surface area contributed by atoms with Crippen molar-refractivity contribution in [1.29, 1.82) is 0 Å². The molecule has 1 fully saturated rings. The number of aromatic nitrogens is 2. The van der Waals surface area contributed by atoms with Gasteiger partial charge in [0.05, 0.1) is 6.61 Å². The SMILES string of the molecule is CCCCCC1CCC(C(C)c2cnc(-c3ccc(OCCCC)c(F)c3)nc2)CC1. The van der Waals surface area contributed by atoms with Crippen molar-refractivity contribution in [2.45, 2.75) is 90.9 Å². The van der Waals surface area contributed by atoms with Crippen LogP contribution in [-0.2, 0) is 0 Å². The zero-order valence-corrected chi connectivity index (χ0v) is 19.6. The third-order valence-corrected chi connectivity index (χ3v) is 6.96. The van der Waals surface area contributed by atoms with Crippen molar-refractivity contribution in [3.8, 4) is 17.1 Å². The highest BCUT2D eigenvalue weighted by atomic mass is 19.1. The maximum absolute atomic E-state index is 14.4. The van der Waals surface area contributed by atoms with E-state index in [0.29, 0.717) is 35.6 Å². The van der Waals surface area contributed by atoms with Crippen LogP contribution in [0.4, 0.5) is 4.39 Å². The molecular weight excluding hydrogens is 387 g/mol. The largest absolute Gasteiger partial charge is 0.491 e. The molecule has 0 saturated heterocycles. The van der Waals surface area contributed by atoms with Gasteiger partial charge in [0.25, 0.3) is 0 Å². The van der Waals surface area contributed by atoms with Gasteiger partial charge in [0.15, 0.2) is 17.4 Å². The van der Waals surface area contributed by atoms with Crippen molar-refractivity contribution < 1.29 is 9.13 Å². The Bertz CT molecular complexity index is 784. The van der Waals surface area contributed by atoms with Crippen molar-refractivity contribution >= 4 is 0 Å². The Morgan fingerprint density at radius 2 is 1.71 bits per heavy atom. The average molecular weight is 427 g/mol. The molecule has 0 bridgehead atoms. The molecule has 3 nitrogen and oxygen atoms in total. The lowest BCUT2D eigenvalue weighted by Gasteiger charge is -2.32. The van der Waals surface area contributed by atoms with Gasteiger partial charge in [-0.3, -0.25) is 0 Å². The van der Waals surface area contributed by atoms with Gasteiger partial charge in [-0.15, -0.1) is 0 Å². The van der Waals surface area contributed by atoms with Crippen molar-refractivity contribution in [1.82, 2.24) is 9.97 Å². The third-order valence-electron chi connectivity index (χ3n) is 6.96. The Hall–Kier alpha value is -1.97. The number of unbranched alkanes of at least 4 members (excludes halogenated alkanes) is 3. The predicted molar refractivity (Wildman–Crippen MR) is 126 cm³/mol. The number of nitrogens with zero attached hydrogens (tertiary/aromatic N) is 2. The second-order valence-corrected chi connectivity index (χ2v) is 9.25. The van der Waals surface area contributed by atoms with Crippen LogP contribution in [0.5, 0.6) is 5.75 Å². The van der Waals surface area contributed by atoms with E-state index in [-0.39, 0.29) is 5.82 Å². The van der Waals surface area contributed by atoms with E-state index in [0.717, 1.165) is 18.8 Å². The lowest BCUT2D eigenvalue weighted by Crippen LogP contribution is -2.19. The summed E-state index contributed by atoms with van der Waals surface area (Å²) >= 11 is 0. The number of rotatable bonds is 11. The molecule has 1 atom stereocenters. The number of benzene rings is 1. The molecule has 0 N–H and O–H groups in total. The Morgan fingerprint density at radius 3 is 2.35 bits per heavy atom. The van der Waals surface area contributed by atoms with Crippen molar-refractivity contribution in [2.24, 2.45) is 11.8 Å². The molecule has 170 valence electrons. The van der Waals surface area contributed by atoms with Crippen LogP contribution in [0.25, 0.3) is 11.4 Å². The van der Waals surface area contributed by atoms with Gasteiger partial charge < -0.3 is 4.74 Å². The molecule has 1 saturated carbocycles. The van der Waals surface area contributed by atoms with E-state index >= 15 is 0 Å². The summed E-state index contributed by atoms with van der Waals surface area (Å²) in [5, 5.41) is 0. The van der Waals surface area contributed by atoms with E-state index in [1.165, 1.54) is 63.0 Å². The molecule has 0 aliphatic heterocycles. The van der Waals surface area contributed by atoms with E-state index in [9.17, 15) is 4.39 Å². The average Bonchev–Trinajstić information content (AvgIpc) is 2.80. The maximum Gasteiger partial charge on any atom is 0.165 e. The molecule has 0 amide bonds. The van der Waals surface area contributed by atoms with Gasteiger partial charge in [0.1, 0.15) is 0 Å². The van der Waals surface area contributed by atoms with E-state index in [1.54, 1.807) is 6.07 Å². The Labute approximate surface area is 187 Å². The molecule has 3 rings (SSSR count). The fraction of sp³-hybridized carbons (Fsp3) is 0.630. The van der Waals surface area contributed by atoms with Crippen LogP contribution in [0.1, 0.15) is 96.5 Å². The number of ether oxygens (including phenoxy) is 1. The third kappa shape index (κ3) is 6.75. The lowest BCUT2D eigenvalue weighted by molar-refractivity contribution is 0.236. The van der Waals surface area contributed by atoms with Gasteiger partial charge in [-0.05, 0) is 60.8 Å². The van der Waals surface area contributed by atoms with E-state index in [1.807, 2.05) is 18.5 Å². The van der Waals surface area contributed by atoms with Crippen LogP contribution in [0, 0.1) is 17.7 Å². The van der Waals surface area contributed by atoms with Crippen molar-refractivity contribution in [3.63, 3.8) is 0 Å². The zero-order chi connectivity index (χ0) is 22.1. The first-order valence-electron chi connectivity index (χ1n) is 12.4. The Kier molecular flexibility index (Phi) is 9.30. The second-order valence-electron chi connectivity index (χ2n) is 9.25. The molecular formula is C27H39FN2O. The first-order chi connectivity index (χ1) is 15.1. The van der Waals surface area contributed by atoms with Crippen LogP contribution in [0.15, 0.2) is 30.6 Å². The first-order valence-corrected chi connectivity index (χ1v) is 12.4. The highest BCUT2D eigenvalue weighted by Gasteiger charge is 2.26. The van der Waals surface area contributed by atoms with Gasteiger partial charge in [0.2, 0.25) is 0 Å². The fourth-order valence-corrected chi connectivity index (χ4v) is 4.74. The van der Waals surface area contributed by atoms with Crippen LogP contribution < -0.4 is 4.74 Å². The van der Waals surface area contributed by atoms with Crippen LogP contribution in [0.3, 0.4) is 0 Å². The van der Waals surface area contributed by atoms with Crippen LogP contribution >= 0.6 is 0 Å². The first kappa shape index (κ1) is 23.7. The summed E-state index contributed by atoms with van der Waals surface area (Å²) in [7, 11) is 0. The molecule has 1 aromatic heterocycles. The Balaban J connectivity index is 1.56. The summed E-state index contributed by atoms with van der Waals surface area (Å²) in [6, 6.07) is 4.99. The van der Waals surface area contributed by atoms with E-state index < -0.39 is 0 Å². The molecule has 1 aromatic carbocycles. The standard InChI is InChI=1S/C27H39FN2O/c1-4-6-8-9-21-10-12-22(13-11-21)20(3)24-18-29-27(30-19-24)23-14-15-26(25(28)17-23)31-16-7-5-2/h14-15,17-22H,4-13,16H2,1-3H3. The van der Waals surface area contributed by atoms with Gasteiger partial charge >= 0.3 is 0 Å². The second kappa shape index (κ2) is 12.2. The van der Waals surface area contributed by atoms with Crippen molar-refractivity contribution in [2.75, 3.05) is 6.61 Å². The molecule has 1 unspecified atom stereocenters. The highest BCUT2D eigenvalue weighted by Crippen LogP contribution is 2.39. The minimum atomic E-state index is -0.356. The summed E-state index contributed by atoms with van der Waals surface area (Å²) in [6.45, 7) is 7.21. The smallest absolute Gasteiger partial charge is 0.165 e. The van der Waals surface area contributed by atoms with Crippen LogP contribution in [-0.4, -0.2) is 16.6 Å². The van der Waals surface area contributed by atoms with Gasteiger partial charge in [0, 0.05) is 18.0 Å². The molecule has 0 spiro atoms. The minimum Gasteiger partial charge on any atom is -0.491 e. The highest BCUT2D eigenvalue weighted by molar-refractivity contribution is 5.56. The maximum atomic E-state index is 14.4. The zero-order valence-electron chi connectivity index (χ0n) is 19.6. The topological polar surface area (TPSA) is 35.0 Å². The molecule has 31 heavy (non-hydrogen) atoms. The van der Waals surface area contributed by atoms with Crippen molar-refractivity contribution in [3.05, 3.63) is 42.0 Å². The van der Waals surface area contributed by atoms with Crippen LogP contribution in [0.2, 0.25) is 0 Å². The predicted octanol–water partition coefficient (Wildman–Crippen LogP) is 7.95. The summed E-state index contributed by atoms with van der Waals surface area (Å²) in [5.41, 5.74) is 1.88. The molecule has 1 heterocycles. The molecule has 0 radical (unpaired) electrons. The van der Waals surface area contributed by atoms with Gasteiger partial charge in [-0.2, -0.15) is 0 Å². The molecule has 1 aliphatic carbocycles. The normalized spacial score (nSPS) is 19.9. The lowest BCUT2D eigenvalue weighted by atomic mass is 9.73. The van der Waals surface area contributed by atoms with Gasteiger partial charge in [-0.25, -0.2) is 14.4 Å². The summed E-state index contributed by atoms with van der Waals surface area (Å²) in [5.74, 6) is 2.62. The van der Waals surface area contributed by atoms with Gasteiger partial charge in [-0.1, -0.05) is 65.7 Å².